The first-order valence-corrected chi connectivity index (χ1v) is 7.00. The molecule has 0 radical (unpaired) electrons. The Morgan fingerprint density at radius 2 is 2.14 bits per heavy atom. The number of nitrogens with zero attached hydrogens (tertiary/aromatic N) is 1. The number of benzene rings is 1. The zero-order chi connectivity index (χ0) is 15.3. The second-order valence-electron chi connectivity index (χ2n) is 5.65. The van der Waals surface area contributed by atoms with Gasteiger partial charge in [-0.15, -0.1) is 0 Å². The molecule has 1 aliphatic carbocycles. The molecule has 0 saturated heterocycles. The number of nitrogens with one attached hydrogen (secondary N) is 1. The number of hydrogen-bond acceptors (Lipinski definition) is 4. The fraction of sp³-hybridized carbons (Fsp3) is 0.467. The Morgan fingerprint density at radius 1 is 1.48 bits per heavy atom. The molecular formula is C15H21N3O3. The molecule has 2 rings (SSSR count). The van der Waals surface area contributed by atoms with E-state index in [0.29, 0.717) is 12.3 Å². The zero-order valence-electron chi connectivity index (χ0n) is 12.1. The lowest BCUT2D eigenvalue weighted by Crippen LogP contribution is -2.55. The van der Waals surface area contributed by atoms with E-state index in [0.717, 1.165) is 18.4 Å². The third-order valence-corrected chi connectivity index (χ3v) is 3.66. The number of oxime groups is 1. The summed E-state index contributed by atoms with van der Waals surface area (Å²) >= 11 is 0. The smallest absolute Gasteiger partial charge is 0.408 e. The van der Waals surface area contributed by atoms with Crippen LogP contribution in [0.3, 0.4) is 0 Å². The maximum Gasteiger partial charge on any atom is 0.408 e. The average molecular weight is 291 g/mol. The number of amidine groups is 1. The van der Waals surface area contributed by atoms with Crippen molar-refractivity contribution in [3.8, 4) is 0 Å². The molecule has 1 aromatic carbocycles. The van der Waals surface area contributed by atoms with Gasteiger partial charge >= 0.3 is 6.09 Å². The van der Waals surface area contributed by atoms with E-state index in [2.05, 4.69) is 10.5 Å². The number of rotatable bonds is 6. The molecule has 1 aromatic rings. The van der Waals surface area contributed by atoms with Crippen LogP contribution in [0.4, 0.5) is 4.79 Å². The minimum absolute atomic E-state index is 0.00828. The first-order chi connectivity index (χ1) is 10.0. The Bertz CT molecular complexity index is 514. The topological polar surface area (TPSA) is 96.9 Å². The average Bonchev–Trinajstić information content (AvgIpc) is 3.29. The molecule has 0 heterocycles. The highest BCUT2D eigenvalue weighted by Crippen LogP contribution is 2.36. The van der Waals surface area contributed by atoms with Crippen molar-refractivity contribution in [3.05, 3.63) is 35.9 Å². The zero-order valence-corrected chi connectivity index (χ0v) is 12.1. The minimum Gasteiger partial charge on any atom is -0.445 e. The monoisotopic (exact) mass is 291 g/mol. The maximum atomic E-state index is 11.9. The molecular weight excluding hydrogens is 270 g/mol. The van der Waals surface area contributed by atoms with Crippen LogP contribution in [0.2, 0.25) is 0 Å². The van der Waals surface area contributed by atoms with Gasteiger partial charge in [0.25, 0.3) is 0 Å². The van der Waals surface area contributed by atoms with E-state index < -0.39 is 11.6 Å². The molecule has 1 amide bonds. The highest BCUT2D eigenvalue weighted by atomic mass is 16.5. The van der Waals surface area contributed by atoms with E-state index in [4.69, 9.17) is 15.7 Å². The van der Waals surface area contributed by atoms with Gasteiger partial charge in [-0.05, 0) is 24.8 Å². The lowest BCUT2D eigenvalue weighted by Gasteiger charge is -2.29. The van der Waals surface area contributed by atoms with E-state index in [1.807, 2.05) is 30.3 Å². The van der Waals surface area contributed by atoms with Gasteiger partial charge < -0.3 is 21.0 Å². The summed E-state index contributed by atoms with van der Waals surface area (Å²) in [5.41, 5.74) is 5.73. The Hall–Kier alpha value is -2.24. The standard InChI is InChI=1S/C15H21N3O3/c1-15(13(16)18-20,9-11-7-8-11)17-14(19)21-10-12-5-3-2-4-6-12/h2-6,11,20H,7-10H2,1H3,(H2,16,18)(H,17,19). The Balaban J connectivity index is 1.91. The number of carbonyl (C=O) groups excluding carboxylic acids is 1. The quantitative estimate of drug-likeness (QED) is 0.324. The highest BCUT2D eigenvalue weighted by Gasteiger charge is 2.38. The molecule has 1 aliphatic rings. The van der Waals surface area contributed by atoms with Crippen LogP contribution in [0.25, 0.3) is 0 Å². The summed E-state index contributed by atoms with van der Waals surface area (Å²) in [7, 11) is 0. The molecule has 0 aliphatic heterocycles. The van der Waals surface area contributed by atoms with Gasteiger partial charge in [0.2, 0.25) is 0 Å². The van der Waals surface area contributed by atoms with Crippen LogP contribution < -0.4 is 11.1 Å². The summed E-state index contributed by atoms with van der Waals surface area (Å²) in [6.45, 7) is 1.92. The van der Waals surface area contributed by atoms with Crippen molar-refractivity contribution in [2.45, 2.75) is 38.3 Å². The highest BCUT2D eigenvalue weighted by molar-refractivity contribution is 5.92. The summed E-state index contributed by atoms with van der Waals surface area (Å²) in [5.74, 6) is 0.496. The predicted molar refractivity (Wildman–Crippen MR) is 78.9 cm³/mol. The molecule has 114 valence electrons. The van der Waals surface area contributed by atoms with Crippen LogP contribution in [-0.4, -0.2) is 22.7 Å². The Morgan fingerprint density at radius 3 is 2.71 bits per heavy atom. The first-order valence-electron chi connectivity index (χ1n) is 7.00. The lowest BCUT2D eigenvalue weighted by molar-refractivity contribution is 0.131. The summed E-state index contributed by atoms with van der Waals surface area (Å²) in [6, 6.07) is 9.41. The van der Waals surface area contributed by atoms with Crippen molar-refractivity contribution in [2.24, 2.45) is 16.8 Å². The van der Waals surface area contributed by atoms with Crippen LogP contribution in [0.1, 0.15) is 31.7 Å². The molecule has 1 atom stereocenters. The van der Waals surface area contributed by atoms with Crippen LogP contribution in [0, 0.1) is 5.92 Å². The van der Waals surface area contributed by atoms with Gasteiger partial charge in [-0.3, -0.25) is 0 Å². The van der Waals surface area contributed by atoms with Gasteiger partial charge in [-0.2, -0.15) is 0 Å². The Kier molecular flexibility index (Phi) is 4.67. The lowest BCUT2D eigenvalue weighted by atomic mass is 9.93. The van der Waals surface area contributed by atoms with Crippen LogP contribution in [-0.2, 0) is 11.3 Å². The third-order valence-electron chi connectivity index (χ3n) is 3.66. The van der Waals surface area contributed by atoms with E-state index in [1.54, 1.807) is 6.92 Å². The van der Waals surface area contributed by atoms with Crippen molar-refractivity contribution in [1.29, 1.82) is 0 Å². The van der Waals surface area contributed by atoms with Crippen molar-refractivity contribution >= 4 is 11.9 Å². The molecule has 0 spiro atoms. The summed E-state index contributed by atoms with van der Waals surface area (Å²) in [5, 5.41) is 14.6. The van der Waals surface area contributed by atoms with E-state index in [1.165, 1.54) is 0 Å². The largest absolute Gasteiger partial charge is 0.445 e. The maximum absolute atomic E-state index is 11.9. The fourth-order valence-electron chi connectivity index (χ4n) is 2.21. The minimum atomic E-state index is -0.885. The normalized spacial score (nSPS) is 17.9. The Labute approximate surface area is 124 Å². The van der Waals surface area contributed by atoms with Gasteiger partial charge in [0.05, 0.1) is 0 Å². The summed E-state index contributed by atoms with van der Waals surface area (Å²) < 4.78 is 5.18. The second kappa shape index (κ2) is 6.47. The van der Waals surface area contributed by atoms with Gasteiger partial charge in [-0.25, -0.2) is 4.79 Å². The van der Waals surface area contributed by atoms with Crippen molar-refractivity contribution < 1.29 is 14.7 Å². The van der Waals surface area contributed by atoms with E-state index in [-0.39, 0.29) is 12.4 Å². The number of ether oxygens (including phenoxy) is 1. The van der Waals surface area contributed by atoms with Gasteiger partial charge in [-0.1, -0.05) is 48.3 Å². The number of alkyl carbamates (subject to hydrolysis) is 1. The second-order valence-corrected chi connectivity index (χ2v) is 5.65. The molecule has 21 heavy (non-hydrogen) atoms. The summed E-state index contributed by atoms with van der Waals surface area (Å²) in [6.07, 6.45) is 2.28. The molecule has 0 aromatic heterocycles. The van der Waals surface area contributed by atoms with E-state index in [9.17, 15) is 4.79 Å². The molecule has 6 heteroatoms. The third kappa shape index (κ3) is 4.37. The molecule has 4 N–H and O–H groups in total. The molecule has 6 nitrogen and oxygen atoms in total. The predicted octanol–water partition coefficient (Wildman–Crippen LogP) is 2.22. The number of amides is 1. The number of hydrogen-bond donors (Lipinski definition) is 3. The molecule has 1 unspecified atom stereocenters. The molecule has 0 bridgehead atoms. The van der Waals surface area contributed by atoms with E-state index >= 15 is 0 Å². The molecule has 1 saturated carbocycles. The first kappa shape index (κ1) is 15.2. The van der Waals surface area contributed by atoms with Crippen LogP contribution in [0.15, 0.2) is 35.5 Å². The van der Waals surface area contributed by atoms with Crippen LogP contribution in [0.5, 0.6) is 0 Å². The van der Waals surface area contributed by atoms with Gasteiger partial charge in [0.15, 0.2) is 5.84 Å². The SMILES string of the molecule is CC(CC1CC1)(NC(=O)OCc1ccccc1)C(N)=NO. The fourth-order valence-corrected chi connectivity index (χ4v) is 2.21. The van der Waals surface area contributed by atoms with Crippen molar-refractivity contribution in [2.75, 3.05) is 0 Å². The molecule has 1 fully saturated rings. The summed E-state index contributed by atoms with van der Waals surface area (Å²) in [4.78, 5) is 11.9. The van der Waals surface area contributed by atoms with Crippen molar-refractivity contribution in [3.63, 3.8) is 0 Å². The van der Waals surface area contributed by atoms with Gasteiger partial charge in [0.1, 0.15) is 12.1 Å². The van der Waals surface area contributed by atoms with Crippen LogP contribution >= 0.6 is 0 Å². The number of nitrogens with two attached hydrogens (primary N) is 1. The number of carbonyl (C=O) groups is 1. The van der Waals surface area contributed by atoms with Crippen molar-refractivity contribution in [1.82, 2.24) is 5.32 Å². The van der Waals surface area contributed by atoms with Gasteiger partial charge in [0, 0.05) is 0 Å².